The topological polar surface area (TPSA) is 58.4 Å². The standard InChI is InChI=1S/C13H15N3O2/c1-15(2)11-3-5-12(6-4-11)16-8-7-10(14-16)9-13(17)18/h3-8H,9H2,1-2H3,(H,17,18). The summed E-state index contributed by atoms with van der Waals surface area (Å²) >= 11 is 0. The van der Waals surface area contributed by atoms with Crippen molar-refractivity contribution in [2.75, 3.05) is 19.0 Å². The van der Waals surface area contributed by atoms with Crippen molar-refractivity contribution in [3.05, 3.63) is 42.2 Å². The number of aliphatic carboxylic acids is 1. The highest BCUT2D eigenvalue weighted by Crippen LogP contribution is 2.15. The highest BCUT2D eigenvalue weighted by atomic mass is 16.4. The lowest BCUT2D eigenvalue weighted by Gasteiger charge is -2.12. The van der Waals surface area contributed by atoms with Crippen LogP contribution in [-0.2, 0) is 11.2 Å². The average molecular weight is 245 g/mol. The Morgan fingerprint density at radius 2 is 1.94 bits per heavy atom. The summed E-state index contributed by atoms with van der Waals surface area (Å²) in [5, 5.41) is 12.9. The number of nitrogens with zero attached hydrogens (tertiary/aromatic N) is 3. The number of hydrogen-bond donors (Lipinski definition) is 1. The van der Waals surface area contributed by atoms with Gasteiger partial charge in [0.2, 0.25) is 0 Å². The van der Waals surface area contributed by atoms with Gasteiger partial charge in [-0.05, 0) is 30.3 Å². The fourth-order valence-electron chi connectivity index (χ4n) is 1.66. The zero-order chi connectivity index (χ0) is 13.1. The molecule has 5 heteroatoms. The number of aromatic nitrogens is 2. The van der Waals surface area contributed by atoms with E-state index < -0.39 is 5.97 Å². The van der Waals surface area contributed by atoms with E-state index in [2.05, 4.69) is 5.10 Å². The molecule has 94 valence electrons. The Labute approximate surface area is 105 Å². The number of hydrogen-bond acceptors (Lipinski definition) is 3. The van der Waals surface area contributed by atoms with Gasteiger partial charge in [0.25, 0.3) is 0 Å². The molecule has 18 heavy (non-hydrogen) atoms. The first kappa shape index (κ1) is 12.2. The lowest BCUT2D eigenvalue weighted by molar-refractivity contribution is -0.136. The molecular formula is C13H15N3O2. The predicted molar refractivity (Wildman–Crippen MR) is 69.2 cm³/mol. The minimum atomic E-state index is -0.872. The lowest BCUT2D eigenvalue weighted by atomic mass is 10.2. The predicted octanol–water partition coefficient (Wildman–Crippen LogP) is 1.57. The van der Waals surface area contributed by atoms with Crippen LogP contribution in [-0.4, -0.2) is 35.0 Å². The van der Waals surface area contributed by atoms with Gasteiger partial charge < -0.3 is 10.0 Å². The fraction of sp³-hybridized carbons (Fsp3) is 0.231. The quantitative estimate of drug-likeness (QED) is 0.888. The minimum Gasteiger partial charge on any atom is -0.481 e. The second kappa shape index (κ2) is 4.91. The van der Waals surface area contributed by atoms with Gasteiger partial charge in [-0.3, -0.25) is 4.79 Å². The molecule has 1 aromatic carbocycles. The van der Waals surface area contributed by atoms with Gasteiger partial charge in [0.15, 0.2) is 0 Å². The summed E-state index contributed by atoms with van der Waals surface area (Å²) < 4.78 is 1.68. The second-order valence-corrected chi connectivity index (χ2v) is 4.23. The van der Waals surface area contributed by atoms with Crippen molar-refractivity contribution >= 4 is 11.7 Å². The van der Waals surface area contributed by atoms with Gasteiger partial charge in [-0.2, -0.15) is 5.10 Å². The number of carboxylic acid groups (broad SMARTS) is 1. The second-order valence-electron chi connectivity index (χ2n) is 4.23. The Balaban J connectivity index is 2.20. The Bertz CT molecular complexity index is 544. The van der Waals surface area contributed by atoms with Crippen LogP contribution >= 0.6 is 0 Å². The molecule has 0 saturated carbocycles. The molecule has 0 unspecified atom stereocenters. The maximum Gasteiger partial charge on any atom is 0.309 e. The minimum absolute atomic E-state index is 0.0528. The monoisotopic (exact) mass is 245 g/mol. The van der Waals surface area contributed by atoms with Crippen molar-refractivity contribution in [1.82, 2.24) is 9.78 Å². The molecular weight excluding hydrogens is 230 g/mol. The molecule has 0 amide bonds. The van der Waals surface area contributed by atoms with Crippen LogP contribution in [0.1, 0.15) is 5.69 Å². The van der Waals surface area contributed by atoms with Crippen molar-refractivity contribution in [2.45, 2.75) is 6.42 Å². The summed E-state index contributed by atoms with van der Waals surface area (Å²) in [5.41, 5.74) is 2.58. The summed E-state index contributed by atoms with van der Waals surface area (Å²) in [6.45, 7) is 0. The molecule has 0 bridgehead atoms. The molecule has 0 aliphatic heterocycles. The summed E-state index contributed by atoms with van der Waals surface area (Å²) in [6.07, 6.45) is 1.71. The van der Waals surface area contributed by atoms with Crippen LogP contribution in [0.3, 0.4) is 0 Å². The highest BCUT2D eigenvalue weighted by Gasteiger charge is 2.05. The number of benzene rings is 1. The molecule has 2 aromatic rings. The van der Waals surface area contributed by atoms with E-state index in [9.17, 15) is 4.79 Å². The summed E-state index contributed by atoms with van der Waals surface area (Å²) in [7, 11) is 3.96. The maximum atomic E-state index is 10.6. The van der Waals surface area contributed by atoms with Gasteiger partial charge in [0, 0.05) is 26.0 Å². The van der Waals surface area contributed by atoms with Crippen LogP contribution < -0.4 is 4.90 Å². The van der Waals surface area contributed by atoms with Crippen molar-refractivity contribution in [3.8, 4) is 5.69 Å². The third kappa shape index (κ3) is 2.68. The zero-order valence-electron chi connectivity index (χ0n) is 10.4. The van der Waals surface area contributed by atoms with Gasteiger partial charge >= 0.3 is 5.97 Å². The van der Waals surface area contributed by atoms with Crippen LogP contribution in [0.5, 0.6) is 0 Å². The normalized spacial score (nSPS) is 10.3. The van der Waals surface area contributed by atoms with E-state index >= 15 is 0 Å². The van der Waals surface area contributed by atoms with Crippen molar-refractivity contribution < 1.29 is 9.90 Å². The summed E-state index contributed by atoms with van der Waals surface area (Å²) in [5.74, 6) is -0.872. The first-order chi connectivity index (χ1) is 8.56. The van der Waals surface area contributed by atoms with Crippen LogP contribution in [0, 0.1) is 0 Å². The number of carboxylic acids is 1. The average Bonchev–Trinajstić information content (AvgIpc) is 2.76. The van der Waals surface area contributed by atoms with Gasteiger partial charge in [0.05, 0.1) is 17.8 Å². The third-order valence-corrected chi connectivity index (χ3v) is 2.61. The smallest absolute Gasteiger partial charge is 0.309 e. The maximum absolute atomic E-state index is 10.6. The summed E-state index contributed by atoms with van der Waals surface area (Å²) in [6, 6.07) is 9.61. The van der Waals surface area contributed by atoms with Crippen LogP contribution in [0.25, 0.3) is 5.69 Å². The largest absolute Gasteiger partial charge is 0.481 e. The van der Waals surface area contributed by atoms with E-state index in [-0.39, 0.29) is 6.42 Å². The molecule has 1 N–H and O–H groups in total. The number of anilines is 1. The Morgan fingerprint density at radius 3 is 2.50 bits per heavy atom. The molecule has 0 aliphatic rings. The van der Waals surface area contributed by atoms with Crippen molar-refractivity contribution in [3.63, 3.8) is 0 Å². The van der Waals surface area contributed by atoms with E-state index in [0.717, 1.165) is 11.4 Å². The van der Waals surface area contributed by atoms with Gasteiger partial charge in [-0.15, -0.1) is 0 Å². The van der Waals surface area contributed by atoms with E-state index in [1.807, 2.05) is 43.3 Å². The van der Waals surface area contributed by atoms with E-state index in [0.29, 0.717) is 5.69 Å². The Hall–Kier alpha value is -2.30. The molecule has 2 rings (SSSR count). The molecule has 1 aromatic heterocycles. The summed E-state index contributed by atoms with van der Waals surface area (Å²) in [4.78, 5) is 12.6. The van der Waals surface area contributed by atoms with E-state index in [1.165, 1.54) is 0 Å². The first-order valence-electron chi connectivity index (χ1n) is 5.60. The Kier molecular flexibility index (Phi) is 3.32. The molecule has 5 nitrogen and oxygen atoms in total. The molecule has 0 radical (unpaired) electrons. The molecule has 0 atom stereocenters. The van der Waals surface area contributed by atoms with Crippen LogP contribution in [0.15, 0.2) is 36.5 Å². The van der Waals surface area contributed by atoms with Crippen molar-refractivity contribution in [1.29, 1.82) is 0 Å². The third-order valence-electron chi connectivity index (χ3n) is 2.61. The zero-order valence-corrected chi connectivity index (χ0v) is 10.4. The van der Waals surface area contributed by atoms with Crippen molar-refractivity contribution in [2.24, 2.45) is 0 Å². The number of carbonyl (C=O) groups is 1. The van der Waals surface area contributed by atoms with Gasteiger partial charge in [0.1, 0.15) is 0 Å². The van der Waals surface area contributed by atoms with Crippen LogP contribution in [0.2, 0.25) is 0 Å². The van der Waals surface area contributed by atoms with Crippen LogP contribution in [0.4, 0.5) is 5.69 Å². The first-order valence-corrected chi connectivity index (χ1v) is 5.60. The van der Waals surface area contributed by atoms with Gasteiger partial charge in [-0.1, -0.05) is 0 Å². The molecule has 0 fully saturated rings. The number of rotatable bonds is 4. The molecule has 0 saturated heterocycles. The SMILES string of the molecule is CN(C)c1ccc(-n2ccc(CC(=O)O)n2)cc1. The van der Waals surface area contributed by atoms with Gasteiger partial charge in [-0.25, -0.2) is 4.68 Å². The molecule has 1 heterocycles. The van der Waals surface area contributed by atoms with E-state index in [1.54, 1.807) is 16.9 Å². The molecule has 0 spiro atoms. The lowest BCUT2D eigenvalue weighted by Crippen LogP contribution is -2.08. The Morgan fingerprint density at radius 1 is 1.28 bits per heavy atom. The van der Waals surface area contributed by atoms with E-state index in [4.69, 9.17) is 5.11 Å². The fourth-order valence-corrected chi connectivity index (χ4v) is 1.66. The highest BCUT2D eigenvalue weighted by molar-refractivity contribution is 5.69. The molecule has 0 aliphatic carbocycles.